The average Bonchev–Trinajstić information content (AvgIpc) is 2.92. The fourth-order valence-corrected chi connectivity index (χ4v) is 8.39. The van der Waals surface area contributed by atoms with Gasteiger partial charge in [-0.05, 0) is 99.2 Å². The van der Waals surface area contributed by atoms with Crippen LogP contribution in [0.15, 0.2) is 0 Å². The Kier molecular flexibility index (Phi) is 4.69. The van der Waals surface area contributed by atoms with Gasteiger partial charge >= 0.3 is 5.97 Å². The van der Waals surface area contributed by atoms with Gasteiger partial charge in [0.1, 0.15) is 6.10 Å². The van der Waals surface area contributed by atoms with E-state index in [1.54, 1.807) is 6.92 Å². The van der Waals surface area contributed by atoms with Gasteiger partial charge in [0.2, 0.25) is 0 Å². The van der Waals surface area contributed by atoms with Crippen LogP contribution in [0.4, 0.5) is 0 Å². The molecule has 3 heteroatoms. The third kappa shape index (κ3) is 2.75. The Morgan fingerprint density at radius 2 is 1.69 bits per heavy atom. The maximum absolute atomic E-state index is 11.5. The molecule has 3 nitrogen and oxygen atoms in total. The van der Waals surface area contributed by atoms with Crippen molar-refractivity contribution in [3.8, 4) is 0 Å². The SMILES string of the molecule is CC(=O)O[C@H](C)[C@@H]1CC[C@@H]2[C@H]3CC[C@H]4C[C@@H](O)CC[C@]4(C)[C@@H]3CC[C@]21C. The van der Waals surface area contributed by atoms with Crippen molar-refractivity contribution in [2.24, 2.45) is 40.4 Å². The van der Waals surface area contributed by atoms with Gasteiger partial charge in [-0.25, -0.2) is 0 Å². The fourth-order valence-electron chi connectivity index (χ4n) is 8.39. The molecule has 0 unspecified atom stereocenters. The van der Waals surface area contributed by atoms with E-state index in [0.717, 1.165) is 36.5 Å². The number of carbonyl (C=O) groups is 1. The predicted molar refractivity (Wildman–Crippen MR) is 102 cm³/mol. The number of hydrogen-bond donors (Lipinski definition) is 1. The molecular weight excluding hydrogens is 324 g/mol. The first-order chi connectivity index (χ1) is 12.3. The average molecular weight is 363 g/mol. The summed E-state index contributed by atoms with van der Waals surface area (Å²) in [5.74, 6) is 3.61. The van der Waals surface area contributed by atoms with Gasteiger partial charge in [-0.15, -0.1) is 0 Å². The second kappa shape index (κ2) is 6.50. The Hall–Kier alpha value is -0.570. The van der Waals surface area contributed by atoms with Crippen molar-refractivity contribution >= 4 is 5.97 Å². The minimum Gasteiger partial charge on any atom is -0.463 e. The van der Waals surface area contributed by atoms with Crippen LogP contribution in [0.2, 0.25) is 0 Å². The van der Waals surface area contributed by atoms with Crippen LogP contribution in [0.3, 0.4) is 0 Å². The van der Waals surface area contributed by atoms with E-state index >= 15 is 0 Å². The molecule has 0 radical (unpaired) electrons. The molecule has 148 valence electrons. The Labute approximate surface area is 159 Å². The van der Waals surface area contributed by atoms with E-state index < -0.39 is 0 Å². The van der Waals surface area contributed by atoms with Gasteiger partial charge in [0, 0.05) is 12.8 Å². The number of aliphatic hydroxyl groups excluding tert-OH is 1. The summed E-state index contributed by atoms with van der Waals surface area (Å²) in [7, 11) is 0. The molecule has 0 heterocycles. The van der Waals surface area contributed by atoms with Crippen molar-refractivity contribution in [2.75, 3.05) is 0 Å². The van der Waals surface area contributed by atoms with E-state index in [9.17, 15) is 9.90 Å². The molecule has 0 aliphatic heterocycles. The standard InChI is InChI=1S/C23H38O3/c1-14(26-15(2)24)19-7-8-20-18-6-5-16-13-17(25)9-11-22(16,3)21(18)10-12-23(19,20)4/h14,16-21,25H,5-13H2,1-4H3/t14-,16+,17+,18-,19+,20-,21-,22+,23+/m1/s1. The first-order valence-electron chi connectivity index (χ1n) is 11.1. The van der Waals surface area contributed by atoms with Crippen molar-refractivity contribution in [2.45, 2.75) is 97.7 Å². The van der Waals surface area contributed by atoms with E-state index in [1.165, 1.54) is 44.9 Å². The van der Waals surface area contributed by atoms with Crippen molar-refractivity contribution in [1.29, 1.82) is 0 Å². The van der Waals surface area contributed by atoms with Gasteiger partial charge in [0.25, 0.3) is 0 Å². The molecule has 0 spiro atoms. The topological polar surface area (TPSA) is 46.5 Å². The molecule has 0 aromatic rings. The van der Waals surface area contributed by atoms with Crippen molar-refractivity contribution < 1.29 is 14.6 Å². The summed E-state index contributed by atoms with van der Waals surface area (Å²) >= 11 is 0. The van der Waals surface area contributed by atoms with Gasteiger partial charge in [-0.3, -0.25) is 4.79 Å². The van der Waals surface area contributed by atoms with E-state index in [2.05, 4.69) is 20.8 Å². The quantitative estimate of drug-likeness (QED) is 0.706. The highest BCUT2D eigenvalue weighted by Gasteiger charge is 2.60. The van der Waals surface area contributed by atoms with Crippen molar-refractivity contribution in [1.82, 2.24) is 0 Å². The molecule has 9 atom stereocenters. The minimum absolute atomic E-state index is 0.0517. The third-order valence-electron chi connectivity index (χ3n) is 9.63. The largest absolute Gasteiger partial charge is 0.463 e. The highest BCUT2D eigenvalue weighted by atomic mass is 16.5. The molecule has 0 saturated heterocycles. The summed E-state index contributed by atoms with van der Waals surface area (Å²) in [4.78, 5) is 11.5. The van der Waals surface area contributed by atoms with E-state index in [0.29, 0.717) is 16.7 Å². The third-order valence-corrected chi connectivity index (χ3v) is 9.63. The van der Waals surface area contributed by atoms with Crippen LogP contribution < -0.4 is 0 Å². The molecule has 4 aliphatic rings. The van der Waals surface area contributed by atoms with Gasteiger partial charge in [0.05, 0.1) is 6.10 Å². The van der Waals surface area contributed by atoms with Crippen molar-refractivity contribution in [3.63, 3.8) is 0 Å². The lowest BCUT2D eigenvalue weighted by molar-refractivity contribution is -0.156. The summed E-state index contributed by atoms with van der Waals surface area (Å²) in [6, 6.07) is 0. The van der Waals surface area contributed by atoms with Crippen LogP contribution in [0.5, 0.6) is 0 Å². The number of ether oxygens (including phenoxy) is 1. The molecule has 4 aliphatic carbocycles. The number of fused-ring (bicyclic) bond motifs is 5. The molecule has 0 amide bonds. The van der Waals surface area contributed by atoms with Gasteiger partial charge in [-0.2, -0.15) is 0 Å². The zero-order valence-electron chi connectivity index (χ0n) is 17.2. The maximum Gasteiger partial charge on any atom is 0.302 e. The lowest BCUT2D eigenvalue weighted by atomic mass is 9.44. The molecule has 26 heavy (non-hydrogen) atoms. The summed E-state index contributed by atoms with van der Waals surface area (Å²) in [5.41, 5.74) is 0.788. The zero-order chi connectivity index (χ0) is 18.7. The molecule has 4 fully saturated rings. The number of carbonyl (C=O) groups excluding carboxylic acids is 1. The molecule has 4 saturated carbocycles. The van der Waals surface area contributed by atoms with Gasteiger partial charge < -0.3 is 9.84 Å². The van der Waals surface area contributed by atoms with Crippen LogP contribution in [0.1, 0.15) is 85.5 Å². The number of esters is 1. The second-order valence-electron chi connectivity index (χ2n) is 10.6. The Morgan fingerprint density at radius 1 is 1.00 bits per heavy atom. The second-order valence-corrected chi connectivity index (χ2v) is 10.6. The summed E-state index contributed by atoms with van der Waals surface area (Å²) < 4.78 is 5.64. The number of hydrogen-bond acceptors (Lipinski definition) is 3. The molecular formula is C23H38O3. The molecule has 0 aromatic heterocycles. The van der Waals surface area contributed by atoms with Gasteiger partial charge in [-0.1, -0.05) is 13.8 Å². The summed E-state index contributed by atoms with van der Waals surface area (Å²) in [6.45, 7) is 8.72. The van der Waals surface area contributed by atoms with Crippen LogP contribution in [0, 0.1) is 40.4 Å². The Balaban J connectivity index is 1.55. The minimum atomic E-state index is -0.132. The molecule has 1 N–H and O–H groups in total. The van der Waals surface area contributed by atoms with E-state index in [4.69, 9.17) is 4.74 Å². The van der Waals surface area contributed by atoms with E-state index in [1.807, 2.05) is 0 Å². The highest BCUT2D eigenvalue weighted by Crippen LogP contribution is 2.67. The smallest absolute Gasteiger partial charge is 0.302 e. The molecule has 4 rings (SSSR count). The summed E-state index contributed by atoms with van der Waals surface area (Å²) in [6.07, 6.45) is 11.1. The van der Waals surface area contributed by atoms with Crippen LogP contribution >= 0.6 is 0 Å². The fraction of sp³-hybridized carbons (Fsp3) is 0.957. The first kappa shape index (κ1) is 18.8. The molecule has 0 aromatic carbocycles. The molecule has 0 bridgehead atoms. The Bertz CT molecular complexity index is 560. The zero-order valence-corrected chi connectivity index (χ0v) is 17.2. The van der Waals surface area contributed by atoms with Crippen LogP contribution in [-0.4, -0.2) is 23.3 Å². The van der Waals surface area contributed by atoms with Crippen LogP contribution in [0.25, 0.3) is 0 Å². The first-order valence-corrected chi connectivity index (χ1v) is 11.1. The van der Waals surface area contributed by atoms with Crippen LogP contribution in [-0.2, 0) is 9.53 Å². The predicted octanol–water partition coefficient (Wildman–Crippen LogP) is 4.96. The normalized spacial score (nSPS) is 51.7. The Morgan fingerprint density at radius 3 is 2.42 bits per heavy atom. The lowest BCUT2D eigenvalue weighted by Gasteiger charge is -2.61. The van der Waals surface area contributed by atoms with Gasteiger partial charge in [0.15, 0.2) is 0 Å². The number of rotatable bonds is 2. The highest BCUT2D eigenvalue weighted by molar-refractivity contribution is 5.66. The monoisotopic (exact) mass is 362 g/mol. The van der Waals surface area contributed by atoms with E-state index in [-0.39, 0.29) is 18.2 Å². The summed E-state index contributed by atoms with van der Waals surface area (Å²) in [5, 5.41) is 10.2. The number of aliphatic hydroxyl groups is 1. The maximum atomic E-state index is 11.5. The van der Waals surface area contributed by atoms with Crippen molar-refractivity contribution in [3.05, 3.63) is 0 Å². The lowest BCUT2D eigenvalue weighted by Crippen LogP contribution is -2.54.